The quantitative estimate of drug-likeness (QED) is 0.534. The molecule has 2 aromatic carbocycles. The highest BCUT2D eigenvalue weighted by atomic mass is 32.1. The lowest BCUT2D eigenvalue weighted by Gasteiger charge is -2.15. The van der Waals surface area contributed by atoms with E-state index < -0.39 is 11.5 Å². The minimum absolute atomic E-state index is 0.0569. The smallest absolute Gasteiger partial charge is 0.349 e. The fraction of sp³-hybridized carbons (Fsp3) is 0.0500. The maximum atomic E-state index is 12.6. The third-order valence-electron chi connectivity index (χ3n) is 4.30. The topological polar surface area (TPSA) is 81.4 Å². The molecule has 0 atom stereocenters. The maximum absolute atomic E-state index is 12.6. The number of hydrogen-bond donors (Lipinski definition) is 1. The molecular weight excluding hydrogens is 364 g/mol. The van der Waals surface area contributed by atoms with Gasteiger partial charge in [-0.2, -0.15) is 0 Å². The molecule has 0 saturated heterocycles. The van der Waals surface area contributed by atoms with E-state index in [-0.39, 0.29) is 5.56 Å². The normalized spacial score (nSPS) is 12.1. The third kappa shape index (κ3) is 2.69. The van der Waals surface area contributed by atoms with E-state index in [1.54, 1.807) is 18.2 Å². The number of hydrogen-bond acceptors (Lipinski definition) is 6. The number of benzene rings is 2. The second kappa shape index (κ2) is 6.07. The van der Waals surface area contributed by atoms with Gasteiger partial charge in [-0.1, -0.05) is 41.7 Å². The first-order valence-corrected chi connectivity index (χ1v) is 9.07. The summed E-state index contributed by atoms with van der Waals surface area (Å²) in [5, 5.41) is 3.80. The fourth-order valence-corrected chi connectivity index (χ4v) is 3.91. The van der Waals surface area contributed by atoms with Gasteiger partial charge in [-0.05, 0) is 24.3 Å². The molecule has 1 N–H and O–H groups in total. The minimum atomic E-state index is -0.679. The van der Waals surface area contributed by atoms with Crippen LogP contribution in [-0.2, 0) is 6.61 Å². The zero-order valence-electron chi connectivity index (χ0n) is 13.9. The summed E-state index contributed by atoms with van der Waals surface area (Å²) >= 11 is 1.33. The number of anilines is 1. The van der Waals surface area contributed by atoms with Crippen LogP contribution in [0.25, 0.3) is 22.2 Å². The zero-order valence-corrected chi connectivity index (χ0v) is 14.7. The molecule has 5 rings (SSSR count). The molecule has 2 aromatic heterocycles. The van der Waals surface area contributed by atoms with Crippen molar-refractivity contribution in [2.24, 2.45) is 0 Å². The van der Waals surface area contributed by atoms with Crippen molar-refractivity contribution in [1.29, 1.82) is 0 Å². The number of para-hydroxylation sites is 2. The SMILES string of the molecule is O=C(Nc1nc2c(s1)COc1ccccc1-2)c1cc2ccccc2oc1=O. The second-order valence-corrected chi connectivity index (χ2v) is 7.10. The largest absolute Gasteiger partial charge is 0.487 e. The van der Waals surface area contributed by atoms with Crippen LogP contribution in [0.5, 0.6) is 5.75 Å². The van der Waals surface area contributed by atoms with Crippen LogP contribution >= 0.6 is 11.3 Å². The van der Waals surface area contributed by atoms with Gasteiger partial charge in [0.25, 0.3) is 5.91 Å². The molecule has 1 amide bonds. The van der Waals surface area contributed by atoms with Crippen molar-refractivity contribution in [2.45, 2.75) is 6.61 Å². The number of nitrogens with one attached hydrogen (secondary N) is 1. The van der Waals surface area contributed by atoms with Gasteiger partial charge in [0, 0.05) is 10.9 Å². The molecule has 0 aliphatic carbocycles. The van der Waals surface area contributed by atoms with Crippen molar-refractivity contribution in [3.63, 3.8) is 0 Å². The lowest BCUT2D eigenvalue weighted by molar-refractivity contribution is 0.102. The summed E-state index contributed by atoms with van der Waals surface area (Å²) in [7, 11) is 0. The molecule has 0 saturated carbocycles. The first-order valence-electron chi connectivity index (χ1n) is 8.25. The van der Waals surface area contributed by atoms with E-state index >= 15 is 0 Å². The molecule has 4 aromatic rings. The number of rotatable bonds is 2. The van der Waals surface area contributed by atoms with Gasteiger partial charge in [0.15, 0.2) is 5.13 Å². The minimum Gasteiger partial charge on any atom is -0.487 e. The van der Waals surface area contributed by atoms with E-state index in [0.717, 1.165) is 21.9 Å². The van der Waals surface area contributed by atoms with Gasteiger partial charge < -0.3 is 9.15 Å². The second-order valence-electron chi connectivity index (χ2n) is 6.02. The Bertz CT molecular complexity index is 1260. The van der Waals surface area contributed by atoms with Gasteiger partial charge in [-0.3, -0.25) is 10.1 Å². The Hall–Kier alpha value is -3.45. The Balaban J connectivity index is 1.49. The number of carbonyl (C=O) groups is 1. The summed E-state index contributed by atoms with van der Waals surface area (Å²) in [4.78, 5) is 30.2. The number of carbonyl (C=O) groups excluding carboxylic acids is 1. The number of ether oxygens (including phenoxy) is 1. The van der Waals surface area contributed by atoms with E-state index in [1.807, 2.05) is 30.3 Å². The predicted octanol–water partition coefficient (Wildman–Crippen LogP) is 4.06. The summed E-state index contributed by atoms with van der Waals surface area (Å²) in [5.41, 5.74) is 1.39. The van der Waals surface area contributed by atoms with Crippen LogP contribution in [0.3, 0.4) is 0 Å². The molecule has 0 unspecified atom stereocenters. The monoisotopic (exact) mass is 376 g/mol. The van der Waals surface area contributed by atoms with Gasteiger partial charge in [0.05, 0.1) is 10.6 Å². The average Bonchev–Trinajstić information content (AvgIpc) is 3.10. The molecule has 1 aliphatic heterocycles. The van der Waals surface area contributed by atoms with Crippen molar-refractivity contribution >= 4 is 33.3 Å². The lowest BCUT2D eigenvalue weighted by Crippen LogP contribution is -2.20. The van der Waals surface area contributed by atoms with Gasteiger partial charge in [0.2, 0.25) is 0 Å². The first-order chi connectivity index (χ1) is 13.2. The Morgan fingerprint density at radius 3 is 2.85 bits per heavy atom. The third-order valence-corrected chi connectivity index (χ3v) is 5.25. The highest BCUT2D eigenvalue weighted by Gasteiger charge is 2.23. The van der Waals surface area contributed by atoms with E-state index in [4.69, 9.17) is 9.15 Å². The number of fused-ring (bicyclic) bond motifs is 4. The summed E-state index contributed by atoms with van der Waals surface area (Å²) in [5.74, 6) is 0.221. The standard InChI is InChI=1S/C20H12N2O4S/c23-18(13-9-11-5-1-3-7-14(11)26-19(13)24)22-20-21-17-12-6-2-4-8-15(12)25-10-16(17)27-20/h1-9H,10H2,(H,21,22,23). The van der Waals surface area contributed by atoms with E-state index in [2.05, 4.69) is 10.3 Å². The molecular formula is C20H12N2O4S. The molecule has 3 heterocycles. The summed E-state index contributed by atoms with van der Waals surface area (Å²) in [6.07, 6.45) is 0. The molecule has 27 heavy (non-hydrogen) atoms. The number of thiazole rings is 1. The van der Waals surface area contributed by atoms with Crippen molar-refractivity contribution in [2.75, 3.05) is 5.32 Å². The number of aromatic nitrogens is 1. The predicted molar refractivity (Wildman–Crippen MR) is 102 cm³/mol. The van der Waals surface area contributed by atoms with E-state index in [0.29, 0.717) is 22.7 Å². The Morgan fingerprint density at radius 1 is 1.11 bits per heavy atom. The Morgan fingerprint density at radius 2 is 1.93 bits per heavy atom. The van der Waals surface area contributed by atoms with Gasteiger partial charge in [-0.25, -0.2) is 9.78 Å². The Kier molecular flexibility index (Phi) is 3.54. The van der Waals surface area contributed by atoms with Crippen LogP contribution in [0.1, 0.15) is 15.2 Å². The van der Waals surface area contributed by atoms with Crippen molar-refractivity contribution < 1.29 is 13.9 Å². The van der Waals surface area contributed by atoms with E-state index in [9.17, 15) is 9.59 Å². The van der Waals surface area contributed by atoms with Crippen LogP contribution in [0.2, 0.25) is 0 Å². The van der Waals surface area contributed by atoms with Gasteiger partial charge in [-0.15, -0.1) is 0 Å². The molecule has 0 bridgehead atoms. The maximum Gasteiger partial charge on any atom is 0.349 e. The molecule has 7 heteroatoms. The molecule has 132 valence electrons. The number of nitrogens with zero attached hydrogens (tertiary/aromatic N) is 1. The van der Waals surface area contributed by atoms with Crippen LogP contribution in [-0.4, -0.2) is 10.9 Å². The highest BCUT2D eigenvalue weighted by Crippen LogP contribution is 2.40. The van der Waals surface area contributed by atoms with Crippen molar-refractivity contribution in [1.82, 2.24) is 4.98 Å². The molecule has 6 nitrogen and oxygen atoms in total. The summed E-state index contributed by atoms with van der Waals surface area (Å²) < 4.78 is 10.9. The lowest BCUT2D eigenvalue weighted by atomic mass is 10.1. The van der Waals surface area contributed by atoms with Gasteiger partial charge >= 0.3 is 5.63 Å². The zero-order chi connectivity index (χ0) is 18.4. The first kappa shape index (κ1) is 15.8. The molecule has 0 fully saturated rings. The molecule has 0 radical (unpaired) electrons. The van der Waals surface area contributed by atoms with Gasteiger partial charge in [0.1, 0.15) is 23.5 Å². The van der Waals surface area contributed by atoms with Crippen molar-refractivity contribution in [3.8, 4) is 17.0 Å². The molecule has 1 aliphatic rings. The number of amides is 1. The Labute approximate surface area is 157 Å². The summed E-state index contributed by atoms with van der Waals surface area (Å²) in [6.45, 7) is 0.401. The summed E-state index contributed by atoms with van der Waals surface area (Å²) in [6, 6.07) is 16.2. The highest BCUT2D eigenvalue weighted by molar-refractivity contribution is 7.16. The van der Waals surface area contributed by atoms with Crippen LogP contribution in [0.4, 0.5) is 5.13 Å². The van der Waals surface area contributed by atoms with E-state index in [1.165, 1.54) is 17.4 Å². The molecule has 0 spiro atoms. The van der Waals surface area contributed by atoms with Crippen LogP contribution < -0.4 is 15.7 Å². The van der Waals surface area contributed by atoms with Crippen LogP contribution in [0.15, 0.2) is 63.8 Å². The average molecular weight is 376 g/mol. The van der Waals surface area contributed by atoms with Crippen molar-refractivity contribution in [3.05, 3.63) is 75.5 Å². The fourth-order valence-electron chi connectivity index (χ4n) is 3.03. The van der Waals surface area contributed by atoms with Crippen LogP contribution in [0, 0.1) is 0 Å².